The molecule has 164 valence electrons. The van der Waals surface area contributed by atoms with Crippen molar-refractivity contribution < 1.29 is 9.90 Å². The number of aromatic nitrogens is 3. The van der Waals surface area contributed by atoms with Crippen LogP contribution in [-0.2, 0) is 10.3 Å². The molecule has 3 N–H and O–H groups in total. The molecule has 1 saturated heterocycles. The SMILES string of the molecule is C[C@@](CO)(NC(=O)[C@H]1CCN(c2ncnc3[nH]ccc23)CC12CC2)c1ccc(C#N)cc1. The van der Waals surface area contributed by atoms with E-state index in [4.69, 9.17) is 5.26 Å². The average Bonchev–Trinajstić information content (AvgIpc) is 3.40. The summed E-state index contributed by atoms with van der Waals surface area (Å²) in [7, 11) is 0. The van der Waals surface area contributed by atoms with Crippen LogP contribution in [0.2, 0.25) is 0 Å². The highest BCUT2D eigenvalue weighted by Crippen LogP contribution is 2.56. The summed E-state index contributed by atoms with van der Waals surface area (Å²) >= 11 is 0. The number of piperidine rings is 1. The van der Waals surface area contributed by atoms with Gasteiger partial charge in [-0.15, -0.1) is 0 Å². The fraction of sp³-hybridized carbons (Fsp3) is 0.417. The van der Waals surface area contributed by atoms with Gasteiger partial charge in [0, 0.05) is 25.2 Å². The first kappa shape index (κ1) is 20.5. The number of rotatable bonds is 5. The molecule has 3 heterocycles. The molecule has 2 aliphatic rings. The molecule has 0 radical (unpaired) electrons. The largest absolute Gasteiger partial charge is 0.394 e. The van der Waals surface area contributed by atoms with Gasteiger partial charge in [0.1, 0.15) is 17.8 Å². The number of nitriles is 1. The zero-order valence-electron chi connectivity index (χ0n) is 18.0. The van der Waals surface area contributed by atoms with Crippen LogP contribution >= 0.6 is 0 Å². The van der Waals surface area contributed by atoms with Crippen molar-refractivity contribution >= 4 is 22.8 Å². The highest BCUT2D eigenvalue weighted by atomic mass is 16.3. The minimum Gasteiger partial charge on any atom is -0.394 e. The summed E-state index contributed by atoms with van der Waals surface area (Å²) in [6.45, 7) is 3.13. The number of hydrogen-bond acceptors (Lipinski definition) is 6. The molecule has 1 amide bonds. The van der Waals surface area contributed by atoms with Crippen molar-refractivity contribution in [2.75, 3.05) is 24.6 Å². The molecule has 0 bridgehead atoms. The molecule has 1 aliphatic carbocycles. The summed E-state index contributed by atoms with van der Waals surface area (Å²) in [5.74, 6) is 0.795. The summed E-state index contributed by atoms with van der Waals surface area (Å²) in [5.41, 5.74) is 1.19. The number of carbonyl (C=O) groups excluding carboxylic acids is 1. The van der Waals surface area contributed by atoms with Gasteiger partial charge in [-0.3, -0.25) is 4.79 Å². The van der Waals surface area contributed by atoms with Gasteiger partial charge in [-0.1, -0.05) is 12.1 Å². The Morgan fingerprint density at radius 3 is 2.81 bits per heavy atom. The number of H-pyrrole nitrogens is 1. The average molecular weight is 431 g/mol. The van der Waals surface area contributed by atoms with Gasteiger partial charge < -0.3 is 20.3 Å². The molecule has 1 aliphatic heterocycles. The lowest BCUT2D eigenvalue weighted by atomic mass is 9.80. The number of anilines is 1. The Morgan fingerprint density at radius 1 is 1.34 bits per heavy atom. The van der Waals surface area contributed by atoms with E-state index in [1.165, 1.54) is 0 Å². The second-order valence-corrected chi connectivity index (χ2v) is 9.23. The molecule has 0 unspecified atom stereocenters. The lowest BCUT2D eigenvalue weighted by Gasteiger charge is -2.41. The van der Waals surface area contributed by atoms with Crippen LogP contribution in [0.1, 0.15) is 37.3 Å². The van der Waals surface area contributed by atoms with Gasteiger partial charge >= 0.3 is 0 Å². The van der Waals surface area contributed by atoms with Crippen LogP contribution in [0.4, 0.5) is 5.82 Å². The van der Waals surface area contributed by atoms with E-state index >= 15 is 0 Å². The predicted molar refractivity (Wildman–Crippen MR) is 120 cm³/mol. The van der Waals surface area contributed by atoms with E-state index < -0.39 is 5.54 Å². The number of amides is 1. The van der Waals surface area contributed by atoms with Crippen molar-refractivity contribution in [1.29, 1.82) is 5.26 Å². The van der Waals surface area contributed by atoms with E-state index in [0.717, 1.165) is 54.8 Å². The van der Waals surface area contributed by atoms with E-state index in [0.29, 0.717) is 5.56 Å². The lowest BCUT2D eigenvalue weighted by molar-refractivity contribution is -0.130. The maximum absolute atomic E-state index is 13.4. The second kappa shape index (κ2) is 7.61. The number of aliphatic hydroxyl groups excluding tert-OH is 1. The number of benzene rings is 1. The van der Waals surface area contributed by atoms with E-state index in [1.807, 2.05) is 19.2 Å². The number of carbonyl (C=O) groups is 1. The first-order valence-electron chi connectivity index (χ1n) is 10.9. The second-order valence-electron chi connectivity index (χ2n) is 9.23. The van der Waals surface area contributed by atoms with Crippen molar-refractivity contribution in [3.63, 3.8) is 0 Å². The van der Waals surface area contributed by atoms with Crippen LogP contribution in [0.15, 0.2) is 42.9 Å². The monoisotopic (exact) mass is 430 g/mol. The number of hydrogen-bond donors (Lipinski definition) is 3. The molecule has 2 aromatic heterocycles. The third-order valence-electron chi connectivity index (χ3n) is 7.14. The first-order valence-corrected chi connectivity index (χ1v) is 10.9. The maximum atomic E-state index is 13.4. The van der Waals surface area contributed by atoms with Crippen LogP contribution < -0.4 is 10.2 Å². The molecule has 5 rings (SSSR count). The molecule has 2 fully saturated rings. The molecule has 1 aromatic carbocycles. The summed E-state index contributed by atoms with van der Waals surface area (Å²) in [5, 5.41) is 23.3. The van der Waals surface area contributed by atoms with Gasteiger partial charge in [0.05, 0.1) is 29.2 Å². The number of aliphatic hydroxyl groups is 1. The molecule has 3 aromatic rings. The third-order valence-corrected chi connectivity index (χ3v) is 7.14. The molecular formula is C24H26N6O2. The molecule has 1 spiro atoms. The quantitative estimate of drug-likeness (QED) is 0.572. The molecule has 8 nitrogen and oxygen atoms in total. The molecule has 1 saturated carbocycles. The molecule has 8 heteroatoms. The Labute approximate surface area is 186 Å². The predicted octanol–water partition coefficient (Wildman–Crippen LogP) is 2.46. The van der Waals surface area contributed by atoms with Crippen molar-refractivity contribution in [2.45, 2.75) is 31.7 Å². The van der Waals surface area contributed by atoms with Gasteiger partial charge in [-0.05, 0) is 55.4 Å². The number of nitrogens with zero attached hydrogens (tertiary/aromatic N) is 4. The summed E-state index contributed by atoms with van der Waals surface area (Å²) < 4.78 is 0. The Balaban J connectivity index is 1.34. The van der Waals surface area contributed by atoms with Crippen LogP contribution in [0, 0.1) is 22.7 Å². The van der Waals surface area contributed by atoms with Crippen LogP contribution in [0.25, 0.3) is 11.0 Å². The smallest absolute Gasteiger partial charge is 0.224 e. The fourth-order valence-corrected chi connectivity index (χ4v) is 5.00. The van der Waals surface area contributed by atoms with Crippen LogP contribution in [0.5, 0.6) is 0 Å². The normalized spacial score (nSPS) is 21.2. The van der Waals surface area contributed by atoms with Crippen molar-refractivity contribution in [1.82, 2.24) is 20.3 Å². The number of nitrogens with one attached hydrogen (secondary N) is 2. The minimum atomic E-state index is -0.901. The summed E-state index contributed by atoms with van der Waals surface area (Å²) in [6, 6.07) is 11.1. The standard InChI is InChI=1S/C24H26N6O2/c1-23(14-31,17-4-2-16(12-25)3-5-17)29-22(32)19-7-11-30(13-24(19)8-9-24)21-18-6-10-26-20(18)27-15-28-21/h2-6,10,15,19,31H,7-9,11,13-14H2,1H3,(H,29,32)(H,26,27,28)/t19-,23+/m1/s1. The van der Waals surface area contributed by atoms with Crippen LogP contribution in [-0.4, -0.2) is 45.7 Å². The highest BCUT2D eigenvalue weighted by Gasteiger charge is 2.56. The van der Waals surface area contributed by atoms with Gasteiger partial charge in [-0.25, -0.2) is 9.97 Å². The zero-order chi connectivity index (χ0) is 22.3. The number of aromatic amines is 1. The van der Waals surface area contributed by atoms with E-state index in [2.05, 4.69) is 31.2 Å². The van der Waals surface area contributed by atoms with Gasteiger partial charge in [-0.2, -0.15) is 5.26 Å². The molecule has 2 atom stereocenters. The number of fused-ring (bicyclic) bond motifs is 1. The lowest BCUT2D eigenvalue weighted by Crippen LogP contribution is -2.53. The van der Waals surface area contributed by atoms with Crippen molar-refractivity contribution in [2.24, 2.45) is 11.3 Å². The first-order chi connectivity index (χ1) is 15.5. The highest BCUT2D eigenvalue weighted by molar-refractivity contribution is 5.88. The Morgan fingerprint density at radius 2 is 2.12 bits per heavy atom. The molecular weight excluding hydrogens is 404 g/mol. The third kappa shape index (κ3) is 3.39. The van der Waals surface area contributed by atoms with Crippen LogP contribution in [0.3, 0.4) is 0 Å². The van der Waals surface area contributed by atoms with Crippen molar-refractivity contribution in [3.8, 4) is 6.07 Å². The maximum Gasteiger partial charge on any atom is 0.224 e. The van der Waals surface area contributed by atoms with Gasteiger partial charge in [0.25, 0.3) is 0 Å². The summed E-state index contributed by atoms with van der Waals surface area (Å²) in [4.78, 5) is 27.6. The van der Waals surface area contributed by atoms with E-state index in [9.17, 15) is 9.90 Å². The Hall–Kier alpha value is -3.44. The Kier molecular flexibility index (Phi) is 4.86. The van der Waals surface area contributed by atoms with Crippen molar-refractivity contribution in [3.05, 3.63) is 54.0 Å². The van der Waals surface area contributed by atoms with Gasteiger partial charge in [0.15, 0.2) is 0 Å². The van der Waals surface area contributed by atoms with Gasteiger partial charge in [0.2, 0.25) is 5.91 Å². The topological polar surface area (TPSA) is 118 Å². The van der Waals surface area contributed by atoms with E-state index in [-0.39, 0.29) is 23.8 Å². The van der Waals surface area contributed by atoms with E-state index in [1.54, 1.807) is 30.6 Å². The Bertz CT molecular complexity index is 1190. The summed E-state index contributed by atoms with van der Waals surface area (Å²) in [6.07, 6.45) is 6.20. The molecule has 32 heavy (non-hydrogen) atoms. The minimum absolute atomic E-state index is 0.0162. The zero-order valence-corrected chi connectivity index (χ0v) is 18.0. The fourth-order valence-electron chi connectivity index (χ4n) is 5.00.